The van der Waals surface area contributed by atoms with E-state index >= 15 is 0 Å². The summed E-state index contributed by atoms with van der Waals surface area (Å²) in [4.78, 5) is 19.1. The molecule has 104 valence electrons. The number of rotatable bonds is 3. The van der Waals surface area contributed by atoms with Crippen molar-refractivity contribution < 1.29 is 9.53 Å². The maximum absolute atomic E-state index is 11.4. The molecule has 1 aromatic heterocycles. The fourth-order valence-corrected chi connectivity index (χ4v) is 1.61. The standard InChI is InChI=1S/C15H17N3O2/c1-17(2)15(19)20-13-9-7-12(8-10-13)18(3)14-6-4-5-11-16-14/h4-11H,1-3H3. The molecule has 5 nitrogen and oxygen atoms in total. The molecule has 2 aromatic rings. The Bertz CT molecular complexity index is 567. The van der Waals surface area contributed by atoms with Crippen molar-refractivity contribution in [2.24, 2.45) is 0 Å². The Kier molecular flexibility index (Phi) is 4.20. The van der Waals surface area contributed by atoms with Crippen LogP contribution in [0.25, 0.3) is 0 Å². The molecule has 0 saturated carbocycles. The highest BCUT2D eigenvalue weighted by molar-refractivity contribution is 5.70. The van der Waals surface area contributed by atoms with E-state index in [1.54, 1.807) is 32.4 Å². The highest BCUT2D eigenvalue weighted by Crippen LogP contribution is 2.23. The number of carbonyl (C=O) groups is 1. The third-order valence-corrected chi connectivity index (χ3v) is 2.79. The number of nitrogens with zero attached hydrogens (tertiary/aromatic N) is 3. The first-order valence-corrected chi connectivity index (χ1v) is 6.22. The topological polar surface area (TPSA) is 45.7 Å². The minimum Gasteiger partial charge on any atom is -0.410 e. The lowest BCUT2D eigenvalue weighted by molar-refractivity contribution is 0.172. The third kappa shape index (κ3) is 3.26. The first-order chi connectivity index (χ1) is 9.58. The van der Waals surface area contributed by atoms with Crippen molar-refractivity contribution >= 4 is 17.6 Å². The Morgan fingerprint density at radius 1 is 1.05 bits per heavy atom. The quantitative estimate of drug-likeness (QED) is 0.861. The lowest BCUT2D eigenvalue weighted by Crippen LogP contribution is -2.25. The van der Waals surface area contributed by atoms with Crippen molar-refractivity contribution in [3.8, 4) is 5.75 Å². The van der Waals surface area contributed by atoms with E-state index in [1.165, 1.54) is 4.90 Å². The number of aromatic nitrogens is 1. The molecule has 2 rings (SSSR count). The van der Waals surface area contributed by atoms with Gasteiger partial charge in [0.05, 0.1) is 0 Å². The average Bonchev–Trinajstić information content (AvgIpc) is 2.48. The average molecular weight is 271 g/mol. The van der Waals surface area contributed by atoms with E-state index in [2.05, 4.69) is 4.98 Å². The van der Waals surface area contributed by atoms with Crippen LogP contribution in [0.3, 0.4) is 0 Å². The first kappa shape index (κ1) is 13.9. The van der Waals surface area contributed by atoms with Crippen LogP contribution < -0.4 is 9.64 Å². The second kappa shape index (κ2) is 6.06. The summed E-state index contributed by atoms with van der Waals surface area (Å²) in [5, 5.41) is 0. The number of anilines is 2. The summed E-state index contributed by atoms with van der Waals surface area (Å²) in [7, 11) is 5.22. The lowest BCUT2D eigenvalue weighted by atomic mass is 10.3. The molecular formula is C15H17N3O2. The fourth-order valence-electron chi connectivity index (χ4n) is 1.61. The van der Waals surface area contributed by atoms with Gasteiger partial charge in [0.25, 0.3) is 0 Å². The molecule has 0 fully saturated rings. The second-order valence-corrected chi connectivity index (χ2v) is 4.50. The molecule has 1 aromatic carbocycles. The summed E-state index contributed by atoms with van der Waals surface area (Å²) < 4.78 is 5.17. The van der Waals surface area contributed by atoms with Gasteiger partial charge < -0.3 is 14.5 Å². The van der Waals surface area contributed by atoms with Crippen LogP contribution in [0.1, 0.15) is 0 Å². The SMILES string of the molecule is CN(C)C(=O)Oc1ccc(N(C)c2ccccn2)cc1. The Labute approximate surface area is 118 Å². The summed E-state index contributed by atoms with van der Waals surface area (Å²) in [5.41, 5.74) is 0.966. The monoisotopic (exact) mass is 271 g/mol. The predicted octanol–water partition coefficient (Wildman–Crippen LogP) is 2.91. The number of carbonyl (C=O) groups excluding carboxylic acids is 1. The van der Waals surface area contributed by atoms with Crippen molar-refractivity contribution in [1.29, 1.82) is 0 Å². The smallest absolute Gasteiger partial charge is 0.410 e. The minimum atomic E-state index is -0.393. The van der Waals surface area contributed by atoms with Crippen LogP contribution in [0.5, 0.6) is 5.75 Å². The minimum absolute atomic E-state index is 0.393. The molecule has 0 atom stereocenters. The van der Waals surface area contributed by atoms with Gasteiger partial charge >= 0.3 is 6.09 Å². The molecule has 0 N–H and O–H groups in total. The molecule has 0 radical (unpaired) electrons. The summed E-state index contributed by atoms with van der Waals surface area (Å²) in [6.07, 6.45) is 1.36. The van der Waals surface area contributed by atoms with Crippen molar-refractivity contribution in [1.82, 2.24) is 9.88 Å². The number of benzene rings is 1. The predicted molar refractivity (Wildman–Crippen MR) is 78.5 cm³/mol. The van der Waals surface area contributed by atoms with Crippen LogP contribution >= 0.6 is 0 Å². The number of hydrogen-bond acceptors (Lipinski definition) is 4. The summed E-state index contributed by atoms with van der Waals surface area (Å²) in [5.74, 6) is 1.37. The summed E-state index contributed by atoms with van der Waals surface area (Å²) >= 11 is 0. The zero-order chi connectivity index (χ0) is 14.5. The van der Waals surface area contributed by atoms with E-state index in [-0.39, 0.29) is 0 Å². The molecule has 20 heavy (non-hydrogen) atoms. The van der Waals surface area contributed by atoms with Crippen LogP contribution in [0.4, 0.5) is 16.3 Å². The first-order valence-electron chi connectivity index (χ1n) is 6.22. The number of pyridine rings is 1. The van der Waals surface area contributed by atoms with E-state index in [0.29, 0.717) is 5.75 Å². The van der Waals surface area contributed by atoms with Gasteiger partial charge in [-0.25, -0.2) is 9.78 Å². The third-order valence-electron chi connectivity index (χ3n) is 2.79. The molecule has 0 saturated heterocycles. The number of amides is 1. The largest absolute Gasteiger partial charge is 0.414 e. The van der Waals surface area contributed by atoms with Gasteiger partial charge in [0, 0.05) is 33.0 Å². The molecule has 0 aliphatic carbocycles. The van der Waals surface area contributed by atoms with Crippen molar-refractivity contribution in [2.75, 3.05) is 26.0 Å². The maximum atomic E-state index is 11.4. The number of ether oxygens (including phenoxy) is 1. The molecule has 0 aliphatic heterocycles. The summed E-state index contributed by atoms with van der Waals surface area (Å²) in [6.45, 7) is 0. The zero-order valence-electron chi connectivity index (χ0n) is 11.8. The van der Waals surface area contributed by atoms with Gasteiger partial charge in [-0.05, 0) is 36.4 Å². The van der Waals surface area contributed by atoms with Crippen LogP contribution in [-0.4, -0.2) is 37.1 Å². The Balaban J connectivity index is 2.10. The van der Waals surface area contributed by atoms with Crippen molar-refractivity contribution in [2.45, 2.75) is 0 Å². The van der Waals surface area contributed by atoms with E-state index < -0.39 is 6.09 Å². The number of hydrogen-bond donors (Lipinski definition) is 0. The van der Waals surface area contributed by atoms with Gasteiger partial charge in [0.1, 0.15) is 11.6 Å². The van der Waals surface area contributed by atoms with Gasteiger partial charge in [0.2, 0.25) is 0 Å². The lowest BCUT2D eigenvalue weighted by Gasteiger charge is -2.18. The molecule has 1 amide bonds. The highest BCUT2D eigenvalue weighted by atomic mass is 16.6. The van der Waals surface area contributed by atoms with Gasteiger partial charge in [-0.15, -0.1) is 0 Å². The highest BCUT2D eigenvalue weighted by Gasteiger charge is 2.08. The second-order valence-electron chi connectivity index (χ2n) is 4.50. The maximum Gasteiger partial charge on any atom is 0.414 e. The Morgan fingerprint density at radius 3 is 2.30 bits per heavy atom. The molecule has 1 heterocycles. The molecule has 0 spiro atoms. The van der Waals surface area contributed by atoms with Gasteiger partial charge in [-0.1, -0.05) is 6.07 Å². The Morgan fingerprint density at radius 2 is 1.75 bits per heavy atom. The zero-order valence-corrected chi connectivity index (χ0v) is 11.8. The fraction of sp³-hybridized carbons (Fsp3) is 0.200. The van der Waals surface area contributed by atoms with Crippen LogP contribution in [0, 0.1) is 0 Å². The van der Waals surface area contributed by atoms with Crippen molar-refractivity contribution in [3.63, 3.8) is 0 Å². The summed E-state index contributed by atoms with van der Waals surface area (Å²) in [6, 6.07) is 13.0. The molecule has 0 bridgehead atoms. The van der Waals surface area contributed by atoms with E-state index in [1.807, 2.05) is 42.3 Å². The van der Waals surface area contributed by atoms with Gasteiger partial charge in [-0.3, -0.25) is 0 Å². The molecule has 5 heteroatoms. The molecular weight excluding hydrogens is 254 g/mol. The van der Waals surface area contributed by atoms with Gasteiger partial charge in [-0.2, -0.15) is 0 Å². The molecule has 0 aliphatic rings. The van der Waals surface area contributed by atoms with Gasteiger partial charge in [0.15, 0.2) is 0 Å². The van der Waals surface area contributed by atoms with E-state index in [4.69, 9.17) is 4.74 Å². The van der Waals surface area contributed by atoms with E-state index in [9.17, 15) is 4.79 Å². The Hall–Kier alpha value is -2.56. The van der Waals surface area contributed by atoms with Crippen molar-refractivity contribution in [3.05, 3.63) is 48.7 Å². The van der Waals surface area contributed by atoms with Crippen LogP contribution in [-0.2, 0) is 0 Å². The molecule has 0 unspecified atom stereocenters. The van der Waals surface area contributed by atoms with Crippen LogP contribution in [0.2, 0.25) is 0 Å². The van der Waals surface area contributed by atoms with E-state index in [0.717, 1.165) is 11.5 Å². The van der Waals surface area contributed by atoms with Crippen LogP contribution in [0.15, 0.2) is 48.7 Å². The normalized spacial score (nSPS) is 9.95.